The summed E-state index contributed by atoms with van der Waals surface area (Å²) >= 11 is 1.65. The molecule has 0 amide bonds. The van der Waals surface area contributed by atoms with E-state index in [-0.39, 0.29) is 0 Å². The maximum atomic E-state index is 5.64. The Kier molecular flexibility index (Phi) is 5.36. The highest BCUT2D eigenvalue weighted by Crippen LogP contribution is 2.37. The maximum absolute atomic E-state index is 5.64. The van der Waals surface area contributed by atoms with Gasteiger partial charge in [0.2, 0.25) is 0 Å². The Hall–Kier alpha value is -2.77. The number of imidazole rings is 1. The average Bonchev–Trinajstić information content (AvgIpc) is 3.24. The summed E-state index contributed by atoms with van der Waals surface area (Å²) in [6.45, 7) is 3.96. The van der Waals surface area contributed by atoms with Gasteiger partial charge in [0.05, 0.1) is 30.5 Å². The van der Waals surface area contributed by atoms with Gasteiger partial charge in [0.1, 0.15) is 23.0 Å². The summed E-state index contributed by atoms with van der Waals surface area (Å²) in [4.78, 5) is 5.87. The highest BCUT2D eigenvalue weighted by Gasteiger charge is 2.18. The van der Waals surface area contributed by atoms with E-state index in [0.29, 0.717) is 19.8 Å². The number of nitrogens with zero attached hydrogens (tertiary/aromatic N) is 2. The Labute approximate surface area is 167 Å². The molecule has 0 unspecified atom stereocenters. The van der Waals surface area contributed by atoms with Gasteiger partial charge in [-0.2, -0.15) is 0 Å². The number of thiazole rings is 1. The minimum atomic E-state index is 0.617. The summed E-state index contributed by atoms with van der Waals surface area (Å²) in [6.07, 6.45) is 0. The lowest BCUT2D eigenvalue weighted by Gasteiger charge is -2.09. The molecule has 0 aliphatic carbocycles. The number of methoxy groups -OCH3 is 2. The maximum Gasteiger partial charge on any atom is 0.197 e. The van der Waals surface area contributed by atoms with Crippen LogP contribution in [0.1, 0.15) is 6.92 Å². The smallest absolute Gasteiger partial charge is 0.197 e. The third-order valence-electron chi connectivity index (χ3n) is 4.49. The summed E-state index contributed by atoms with van der Waals surface area (Å²) in [6, 6.07) is 14.1. The average molecular weight is 398 g/mol. The van der Waals surface area contributed by atoms with Crippen molar-refractivity contribution < 1.29 is 14.2 Å². The van der Waals surface area contributed by atoms with Crippen LogP contribution >= 0.6 is 11.3 Å². The van der Waals surface area contributed by atoms with Gasteiger partial charge in [0.25, 0.3) is 0 Å². The third kappa shape index (κ3) is 3.39. The van der Waals surface area contributed by atoms with Crippen LogP contribution in [0.2, 0.25) is 0 Å². The van der Waals surface area contributed by atoms with E-state index in [9.17, 15) is 0 Å². The van der Waals surface area contributed by atoms with Crippen LogP contribution in [0.4, 0.5) is 5.82 Å². The number of hydrogen-bond acceptors (Lipinski definition) is 6. The molecule has 4 rings (SSSR count). The number of fused-ring (bicyclic) bond motifs is 3. The van der Waals surface area contributed by atoms with E-state index in [0.717, 1.165) is 43.8 Å². The van der Waals surface area contributed by atoms with Crippen LogP contribution in [0.25, 0.3) is 26.4 Å². The molecule has 146 valence electrons. The molecule has 0 aliphatic rings. The van der Waals surface area contributed by atoms with E-state index in [4.69, 9.17) is 19.2 Å². The molecule has 0 radical (unpaired) electrons. The summed E-state index contributed by atoms with van der Waals surface area (Å²) < 4.78 is 19.5. The van der Waals surface area contributed by atoms with Crippen LogP contribution in [0, 0.1) is 0 Å². The van der Waals surface area contributed by atoms with E-state index in [1.807, 2.05) is 37.3 Å². The molecule has 0 saturated carbocycles. The normalized spacial score (nSPS) is 11.2. The first-order valence-corrected chi connectivity index (χ1v) is 10.0. The van der Waals surface area contributed by atoms with Gasteiger partial charge in [-0.1, -0.05) is 11.3 Å². The molecule has 2 aromatic carbocycles. The SMILES string of the molecule is CCOc1ccc2c(c1)sc1nc(-c3ccc(OC)cc3)c(NCCOC)n12. The van der Waals surface area contributed by atoms with Gasteiger partial charge in [0.15, 0.2) is 4.96 Å². The van der Waals surface area contributed by atoms with E-state index in [2.05, 4.69) is 21.9 Å². The Bertz CT molecular complexity index is 1090. The van der Waals surface area contributed by atoms with Crippen molar-refractivity contribution in [2.45, 2.75) is 6.92 Å². The van der Waals surface area contributed by atoms with Gasteiger partial charge >= 0.3 is 0 Å². The number of benzene rings is 2. The molecule has 0 saturated heterocycles. The molecule has 0 spiro atoms. The Balaban J connectivity index is 1.84. The highest BCUT2D eigenvalue weighted by atomic mass is 32.1. The number of rotatable bonds is 8. The standard InChI is InChI=1S/C21H23N3O3S/c1-4-27-16-9-10-17-18(13-16)28-21-23-19(14-5-7-15(26-3)8-6-14)20(24(17)21)22-11-12-25-2/h5-10,13,22H,4,11-12H2,1-3H3. The fourth-order valence-corrected chi connectivity index (χ4v) is 4.25. The predicted octanol–water partition coefficient (Wildman–Crippen LogP) is 4.68. The molecule has 0 fully saturated rings. The Morgan fingerprint density at radius 1 is 1.07 bits per heavy atom. The molecule has 4 aromatic rings. The van der Waals surface area contributed by atoms with Crippen LogP contribution < -0.4 is 14.8 Å². The monoisotopic (exact) mass is 397 g/mol. The van der Waals surface area contributed by atoms with Crippen molar-refractivity contribution in [1.82, 2.24) is 9.38 Å². The number of aromatic nitrogens is 2. The second kappa shape index (κ2) is 8.08. The van der Waals surface area contributed by atoms with Crippen molar-refractivity contribution in [3.8, 4) is 22.8 Å². The Morgan fingerprint density at radius 2 is 1.86 bits per heavy atom. The highest BCUT2D eigenvalue weighted by molar-refractivity contribution is 7.23. The number of nitrogens with one attached hydrogen (secondary N) is 1. The van der Waals surface area contributed by atoms with Crippen LogP contribution in [0.15, 0.2) is 42.5 Å². The first-order chi connectivity index (χ1) is 13.7. The molecule has 0 bridgehead atoms. The molecule has 6 nitrogen and oxygen atoms in total. The van der Waals surface area contributed by atoms with Crippen LogP contribution in [-0.4, -0.2) is 43.4 Å². The molecule has 2 aromatic heterocycles. The second-order valence-corrected chi connectivity index (χ2v) is 7.25. The fourth-order valence-electron chi connectivity index (χ4n) is 3.19. The lowest BCUT2D eigenvalue weighted by Crippen LogP contribution is -2.10. The summed E-state index contributed by atoms with van der Waals surface area (Å²) in [5.74, 6) is 2.67. The molecule has 7 heteroatoms. The topological polar surface area (TPSA) is 57.0 Å². The number of anilines is 1. The fraction of sp³-hybridized carbons (Fsp3) is 0.286. The van der Waals surface area contributed by atoms with Crippen molar-refractivity contribution in [1.29, 1.82) is 0 Å². The van der Waals surface area contributed by atoms with E-state index < -0.39 is 0 Å². The summed E-state index contributed by atoms with van der Waals surface area (Å²) in [5.41, 5.74) is 3.06. The molecule has 0 aliphatic heterocycles. The molecular weight excluding hydrogens is 374 g/mol. The lowest BCUT2D eigenvalue weighted by molar-refractivity contribution is 0.210. The summed E-state index contributed by atoms with van der Waals surface area (Å²) in [7, 11) is 3.37. The predicted molar refractivity (Wildman–Crippen MR) is 114 cm³/mol. The zero-order chi connectivity index (χ0) is 19.5. The van der Waals surface area contributed by atoms with Gasteiger partial charge in [-0.3, -0.25) is 4.40 Å². The quantitative estimate of drug-likeness (QED) is 0.438. The molecule has 1 N–H and O–H groups in total. The number of ether oxygens (including phenoxy) is 3. The zero-order valence-corrected chi connectivity index (χ0v) is 17.0. The van der Waals surface area contributed by atoms with Gasteiger partial charge in [0, 0.05) is 19.2 Å². The second-order valence-electron chi connectivity index (χ2n) is 6.24. The zero-order valence-electron chi connectivity index (χ0n) is 16.2. The van der Waals surface area contributed by atoms with E-state index in [1.165, 1.54) is 0 Å². The van der Waals surface area contributed by atoms with Crippen LogP contribution in [-0.2, 0) is 4.74 Å². The van der Waals surface area contributed by atoms with E-state index >= 15 is 0 Å². The van der Waals surface area contributed by atoms with E-state index in [1.54, 1.807) is 25.6 Å². The van der Waals surface area contributed by atoms with Crippen molar-refractivity contribution in [2.24, 2.45) is 0 Å². The first-order valence-electron chi connectivity index (χ1n) is 9.20. The molecule has 0 atom stereocenters. The van der Waals surface area contributed by atoms with Crippen molar-refractivity contribution in [3.05, 3.63) is 42.5 Å². The van der Waals surface area contributed by atoms with Gasteiger partial charge in [-0.05, 0) is 49.4 Å². The van der Waals surface area contributed by atoms with Crippen LogP contribution in [0.3, 0.4) is 0 Å². The number of hydrogen-bond donors (Lipinski definition) is 1. The lowest BCUT2D eigenvalue weighted by atomic mass is 10.1. The molecular formula is C21H23N3O3S. The van der Waals surface area contributed by atoms with Crippen molar-refractivity contribution in [2.75, 3.05) is 39.3 Å². The largest absolute Gasteiger partial charge is 0.497 e. The van der Waals surface area contributed by atoms with Gasteiger partial charge in [-0.25, -0.2) is 4.98 Å². The Morgan fingerprint density at radius 3 is 2.57 bits per heavy atom. The summed E-state index contributed by atoms with van der Waals surface area (Å²) in [5, 5.41) is 3.50. The van der Waals surface area contributed by atoms with Crippen molar-refractivity contribution in [3.63, 3.8) is 0 Å². The first kappa shape index (κ1) is 18.6. The minimum absolute atomic E-state index is 0.617. The molecule has 28 heavy (non-hydrogen) atoms. The van der Waals surface area contributed by atoms with Crippen LogP contribution in [0.5, 0.6) is 11.5 Å². The third-order valence-corrected chi connectivity index (χ3v) is 5.50. The van der Waals surface area contributed by atoms with Crippen molar-refractivity contribution >= 4 is 32.3 Å². The van der Waals surface area contributed by atoms with Gasteiger partial charge in [-0.15, -0.1) is 0 Å². The molecule has 2 heterocycles. The van der Waals surface area contributed by atoms with Gasteiger partial charge < -0.3 is 19.5 Å². The minimum Gasteiger partial charge on any atom is -0.497 e.